The van der Waals surface area contributed by atoms with Crippen LogP contribution in [0.3, 0.4) is 0 Å². The second kappa shape index (κ2) is 8.52. The summed E-state index contributed by atoms with van der Waals surface area (Å²) in [6.07, 6.45) is 1.61. The third-order valence-corrected chi connectivity index (χ3v) is 5.17. The third kappa shape index (κ3) is 4.74. The van der Waals surface area contributed by atoms with E-state index in [1.54, 1.807) is 0 Å². The molecular formula is C20H22ClN3OS. The molecule has 1 aliphatic rings. The van der Waals surface area contributed by atoms with Crippen molar-refractivity contribution in [3.05, 3.63) is 64.2 Å². The molecule has 1 aliphatic heterocycles. The maximum atomic E-state index is 11.9. The summed E-state index contributed by atoms with van der Waals surface area (Å²) in [5.74, 6) is 0.237. The fraction of sp³-hybridized carbons (Fsp3) is 0.300. The van der Waals surface area contributed by atoms with E-state index in [-0.39, 0.29) is 5.91 Å². The molecule has 2 aromatic rings. The Morgan fingerprint density at radius 2 is 2.00 bits per heavy atom. The van der Waals surface area contributed by atoms with Crippen molar-refractivity contribution < 1.29 is 4.79 Å². The molecule has 1 saturated heterocycles. The maximum absolute atomic E-state index is 11.9. The van der Waals surface area contributed by atoms with E-state index in [9.17, 15) is 4.79 Å². The zero-order valence-electron chi connectivity index (χ0n) is 14.7. The maximum Gasteiger partial charge on any atom is 0.222 e. The standard InChI is InChI=1S/C20H22ClN3OS/c1-14-8-9-17(11-18(14)21)23-20(26)22-12-15-5-2-3-6-16(15)13-24-10-4-7-19(24)25/h2-3,5-6,8-9,11H,4,7,10,12-13H2,1H3,(H2,22,23,26). The molecule has 4 nitrogen and oxygen atoms in total. The van der Waals surface area contributed by atoms with Gasteiger partial charge in [0.05, 0.1) is 0 Å². The highest BCUT2D eigenvalue weighted by atomic mass is 35.5. The Bertz CT molecular complexity index is 824. The van der Waals surface area contributed by atoms with Gasteiger partial charge in [-0.1, -0.05) is 41.9 Å². The van der Waals surface area contributed by atoms with Gasteiger partial charge in [-0.05, 0) is 54.4 Å². The molecule has 0 bridgehead atoms. The van der Waals surface area contributed by atoms with Gasteiger partial charge in [-0.3, -0.25) is 4.79 Å². The molecule has 0 saturated carbocycles. The van der Waals surface area contributed by atoms with Crippen LogP contribution in [0, 0.1) is 6.92 Å². The average molecular weight is 388 g/mol. The van der Waals surface area contributed by atoms with Gasteiger partial charge >= 0.3 is 0 Å². The van der Waals surface area contributed by atoms with E-state index in [4.69, 9.17) is 23.8 Å². The number of rotatable bonds is 5. The van der Waals surface area contributed by atoms with Crippen molar-refractivity contribution in [2.24, 2.45) is 0 Å². The number of nitrogens with one attached hydrogen (secondary N) is 2. The largest absolute Gasteiger partial charge is 0.358 e. The lowest BCUT2D eigenvalue weighted by Gasteiger charge is -2.19. The summed E-state index contributed by atoms with van der Waals surface area (Å²) in [6, 6.07) is 13.9. The van der Waals surface area contributed by atoms with Crippen LogP contribution in [0.5, 0.6) is 0 Å². The zero-order chi connectivity index (χ0) is 18.5. The quantitative estimate of drug-likeness (QED) is 0.752. The topological polar surface area (TPSA) is 44.4 Å². The number of halogens is 1. The van der Waals surface area contributed by atoms with Gasteiger partial charge in [-0.2, -0.15) is 0 Å². The fourth-order valence-corrected chi connectivity index (χ4v) is 3.35. The number of likely N-dealkylation sites (tertiary alicyclic amines) is 1. The summed E-state index contributed by atoms with van der Waals surface area (Å²) in [4.78, 5) is 13.8. The van der Waals surface area contributed by atoms with Gasteiger partial charge in [-0.25, -0.2) is 0 Å². The van der Waals surface area contributed by atoms with Crippen molar-refractivity contribution >= 4 is 40.5 Å². The van der Waals surface area contributed by atoms with Gasteiger partial charge in [-0.15, -0.1) is 0 Å². The summed E-state index contributed by atoms with van der Waals surface area (Å²) in [5, 5.41) is 7.63. The van der Waals surface area contributed by atoms with Crippen molar-refractivity contribution in [2.75, 3.05) is 11.9 Å². The van der Waals surface area contributed by atoms with Gasteiger partial charge in [0.1, 0.15) is 0 Å². The van der Waals surface area contributed by atoms with Crippen LogP contribution in [0.15, 0.2) is 42.5 Å². The number of hydrogen-bond acceptors (Lipinski definition) is 2. The molecule has 0 aliphatic carbocycles. The summed E-state index contributed by atoms with van der Waals surface area (Å²) in [5.41, 5.74) is 4.17. The van der Waals surface area contributed by atoms with Crippen LogP contribution in [-0.2, 0) is 17.9 Å². The lowest BCUT2D eigenvalue weighted by molar-refractivity contribution is -0.128. The van der Waals surface area contributed by atoms with E-state index < -0.39 is 0 Å². The lowest BCUT2D eigenvalue weighted by Crippen LogP contribution is -2.29. The lowest BCUT2D eigenvalue weighted by atomic mass is 10.1. The first kappa shape index (κ1) is 18.7. The molecule has 0 spiro atoms. The smallest absolute Gasteiger partial charge is 0.222 e. The Morgan fingerprint density at radius 3 is 2.69 bits per heavy atom. The van der Waals surface area contributed by atoms with Crippen LogP contribution in [0.4, 0.5) is 5.69 Å². The van der Waals surface area contributed by atoms with Gasteiger partial charge in [0, 0.05) is 36.8 Å². The molecule has 1 amide bonds. The molecule has 2 aromatic carbocycles. The van der Waals surface area contributed by atoms with Crippen LogP contribution in [0.2, 0.25) is 5.02 Å². The fourth-order valence-electron chi connectivity index (χ4n) is 2.98. The Kier molecular flexibility index (Phi) is 6.12. The molecule has 0 radical (unpaired) electrons. The first-order valence-electron chi connectivity index (χ1n) is 8.68. The molecule has 136 valence electrons. The molecule has 0 atom stereocenters. The van der Waals surface area contributed by atoms with E-state index in [2.05, 4.69) is 22.8 Å². The molecule has 1 heterocycles. The van der Waals surface area contributed by atoms with Crippen LogP contribution < -0.4 is 10.6 Å². The van der Waals surface area contributed by atoms with Gasteiger partial charge in [0.2, 0.25) is 5.91 Å². The van der Waals surface area contributed by atoms with E-state index in [1.807, 2.05) is 42.2 Å². The molecule has 6 heteroatoms. The average Bonchev–Trinajstić information content (AvgIpc) is 3.02. The normalized spacial score (nSPS) is 13.8. The molecule has 2 N–H and O–H groups in total. The number of aryl methyl sites for hydroxylation is 1. The Labute approximate surface area is 164 Å². The Balaban J connectivity index is 1.59. The number of hydrogen-bond donors (Lipinski definition) is 2. The van der Waals surface area contributed by atoms with Crippen molar-refractivity contribution in [1.82, 2.24) is 10.2 Å². The monoisotopic (exact) mass is 387 g/mol. The van der Waals surface area contributed by atoms with Gasteiger partial charge in [0.25, 0.3) is 0 Å². The van der Waals surface area contributed by atoms with E-state index in [0.717, 1.165) is 35.3 Å². The molecule has 0 unspecified atom stereocenters. The van der Waals surface area contributed by atoms with Crippen LogP contribution >= 0.6 is 23.8 Å². The van der Waals surface area contributed by atoms with Gasteiger partial charge in [0.15, 0.2) is 5.11 Å². The van der Waals surface area contributed by atoms with Crippen molar-refractivity contribution in [2.45, 2.75) is 32.9 Å². The van der Waals surface area contributed by atoms with E-state index >= 15 is 0 Å². The highest BCUT2D eigenvalue weighted by Gasteiger charge is 2.20. The van der Waals surface area contributed by atoms with Crippen molar-refractivity contribution in [3.63, 3.8) is 0 Å². The first-order valence-corrected chi connectivity index (χ1v) is 9.47. The van der Waals surface area contributed by atoms with E-state index in [1.165, 1.54) is 0 Å². The summed E-state index contributed by atoms with van der Waals surface area (Å²) in [6.45, 7) is 4.06. The minimum absolute atomic E-state index is 0.237. The van der Waals surface area contributed by atoms with Gasteiger partial charge < -0.3 is 15.5 Å². The van der Waals surface area contributed by atoms with Crippen molar-refractivity contribution in [1.29, 1.82) is 0 Å². The number of carbonyl (C=O) groups excluding carboxylic acids is 1. The van der Waals surface area contributed by atoms with E-state index in [0.29, 0.717) is 29.6 Å². The number of benzene rings is 2. The SMILES string of the molecule is Cc1ccc(NC(=S)NCc2ccccc2CN2CCCC2=O)cc1Cl. The number of anilines is 1. The number of thiocarbonyl (C=S) groups is 1. The third-order valence-electron chi connectivity index (χ3n) is 4.52. The minimum Gasteiger partial charge on any atom is -0.358 e. The highest BCUT2D eigenvalue weighted by molar-refractivity contribution is 7.80. The molecular weight excluding hydrogens is 366 g/mol. The van der Waals surface area contributed by atoms with Crippen LogP contribution in [0.25, 0.3) is 0 Å². The second-order valence-corrected chi connectivity index (χ2v) is 7.27. The number of amides is 1. The molecule has 3 rings (SSSR count). The Hall–Kier alpha value is -2.11. The molecule has 26 heavy (non-hydrogen) atoms. The van der Waals surface area contributed by atoms with Crippen LogP contribution in [-0.4, -0.2) is 22.5 Å². The zero-order valence-corrected chi connectivity index (χ0v) is 16.3. The summed E-state index contributed by atoms with van der Waals surface area (Å²) in [7, 11) is 0. The minimum atomic E-state index is 0.237. The summed E-state index contributed by atoms with van der Waals surface area (Å²) < 4.78 is 0. The summed E-state index contributed by atoms with van der Waals surface area (Å²) >= 11 is 11.5. The second-order valence-electron chi connectivity index (χ2n) is 6.46. The highest BCUT2D eigenvalue weighted by Crippen LogP contribution is 2.20. The van der Waals surface area contributed by atoms with Crippen molar-refractivity contribution in [3.8, 4) is 0 Å². The van der Waals surface area contributed by atoms with Crippen LogP contribution in [0.1, 0.15) is 29.5 Å². The predicted molar refractivity (Wildman–Crippen MR) is 110 cm³/mol. The number of nitrogens with zero attached hydrogens (tertiary/aromatic N) is 1. The Morgan fingerprint density at radius 1 is 1.23 bits per heavy atom. The molecule has 1 fully saturated rings. The first-order chi connectivity index (χ1) is 12.5. The molecule has 0 aromatic heterocycles. The number of carbonyl (C=O) groups is 1. The predicted octanol–water partition coefficient (Wildman–Crippen LogP) is 4.26.